The Morgan fingerprint density at radius 3 is 2.48 bits per heavy atom. The summed E-state index contributed by atoms with van der Waals surface area (Å²) >= 11 is 14.1. The minimum atomic E-state index is -0.678. The van der Waals surface area contributed by atoms with Gasteiger partial charge in [-0.05, 0) is 54.7 Å². The first-order valence-corrected chi connectivity index (χ1v) is 8.57. The number of carbonyl (C=O) groups is 2. The molecule has 0 aromatic heterocycles. The predicted octanol–water partition coefficient (Wildman–Crippen LogP) is 4.07. The van der Waals surface area contributed by atoms with Crippen LogP contribution in [0.1, 0.15) is 5.56 Å². The van der Waals surface area contributed by atoms with Crippen LogP contribution >= 0.6 is 39.7 Å². The zero-order valence-corrected chi connectivity index (χ0v) is 15.6. The number of benzene rings is 2. The molecular weight excluding hydrogens is 431 g/mol. The van der Waals surface area contributed by atoms with Crippen LogP contribution in [-0.2, 0) is 9.59 Å². The van der Waals surface area contributed by atoms with E-state index in [4.69, 9.17) is 23.8 Å². The molecule has 126 valence electrons. The Hall–Kier alpha value is -2.09. The lowest BCUT2D eigenvalue weighted by Gasteiger charge is -2.29. The van der Waals surface area contributed by atoms with Crippen LogP contribution in [-0.4, -0.2) is 16.9 Å². The number of nitrogens with one attached hydrogen (secondary N) is 1. The molecule has 1 N–H and O–H groups in total. The third-order valence-electron chi connectivity index (χ3n) is 3.45. The number of rotatable bonds is 2. The summed E-state index contributed by atoms with van der Waals surface area (Å²) in [5.74, 6) is -1.88. The summed E-state index contributed by atoms with van der Waals surface area (Å²) in [6.45, 7) is 0. The molecule has 8 heteroatoms. The van der Waals surface area contributed by atoms with Gasteiger partial charge in [0.05, 0.1) is 5.69 Å². The van der Waals surface area contributed by atoms with E-state index in [9.17, 15) is 14.0 Å². The summed E-state index contributed by atoms with van der Waals surface area (Å²) in [6.07, 6.45) is 1.20. The van der Waals surface area contributed by atoms with Gasteiger partial charge in [-0.25, -0.2) is 4.39 Å². The van der Waals surface area contributed by atoms with Gasteiger partial charge in [-0.2, -0.15) is 0 Å². The van der Waals surface area contributed by atoms with Gasteiger partial charge in [-0.1, -0.05) is 33.6 Å². The zero-order chi connectivity index (χ0) is 18.1. The molecule has 0 atom stereocenters. The van der Waals surface area contributed by atoms with Crippen LogP contribution in [0.3, 0.4) is 0 Å². The van der Waals surface area contributed by atoms with Crippen molar-refractivity contribution in [1.29, 1.82) is 0 Å². The van der Waals surface area contributed by atoms with Gasteiger partial charge in [0.15, 0.2) is 5.11 Å². The normalized spacial score (nSPS) is 16.4. The SMILES string of the molecule is O=C1NC(=S)N(c2ccc(Cl)cc2)C(=O)/C1=C/c1ccc(Br)cc1F. The molecule has 0 unspecified atom stereocenters. The molecule has 1 saturated heterocycles. The van der Waals surface area contributed by atoms with Crippen LogP contribution in [0.2, 0.25) is 5.02 Å². The van der Waals surface area contributed by atoms with Crippen molar-refractivity contribution in [2.45, 2.75) is 0 Å². The highest BCUT2D eigenvalue weighted by Crippen LogP contribution is 2.24. The molecule has 2 aromatic rings. The second-order valence-electron chi connectivity index (χ2n) is 5.10. The van der Waals surface area contributed by atoms with Gasteiger partial charge >= 0.3 is 0 Å². The Morgan fingerprint density at radius 1 is 1.16 bits per heavy atom. The number of amides is 2. The highest BCUT2D eigenvalue weighted by Gasteiger charge is 2.34. The molecule has 3 rings (SSSR count). The first kappa shape index (κ1) is 17.7. The Bertz CT molecular complexity index is 931. The van der Waals surface area contributed by atoms with Gasteiger partial charge in [0.2, 0.25) is 0 Å². The van der Waals surface area contributed by atoms with Gasteiger partial charge < -0.3 is 0 Å². The van der Waals surface area contributed by atoms with Crippen molar-refractivity contribution in [2.75, 3.05) is 4.90 Å². The first-order valence-electron chi connectivity index (χ1n) is 6.99. The van der Waals surface area contributed by atoms with E-state index in [0.717, 1.165) is 4.90 Å². The molecule has 1 heterocycles. The Labute approximate surface area is 161 Å². The predicted molar refractivity (Wildman–Crippen MR) is 102 cm³/mol. The molecule has 2 amide bonds. The van der Waals surface area contributed by atoms with E-state index in [0.29, 0.717) is 15.2 Å². The quantitative estimate of drug-likeness (QED) is 0.436. The van der Waals surface area contributed by atoms with Crippen LogP contribution in [0.4, 0.5) is 10.1 Å². The maximum Gasteiger partial charge on any atom is 0.270 e. The average molecular weight is 440 g/mol. The smallest absolute Gasteiger partial charge is 0.270 e. The van der Waals surface area contributed by atoms with Crippen molar-refractivity contribution in [3.05, 3.63) is 68.9 Å². The summed E-state index contributed by atoms with van der Waals surface area (Å²) in [7, 11) is 0. The minimum absolute atomic E-state index is 0.0502. The van der Waals surface area contributed by atoms with E-state index in [1.165, 1.54) is 18.2 Å². The summed E-state index contributed by atoms with van der Waals surface area (Å²) in [5, 5.41) is 2.88. The monoisotopic (exact) mass is 438 g/mol. The molecule has 4 nitrogen and oxygen atoms in total. The second kappa shape index (κ2) is 7.03. The maximum absolute atomic E-state index is 14.0. The second-order valence-corrected chi connectivity index (χ2v) is 6.84. The zero-order valence-electron chi connectivity index (χ0n) is 12.4. The number of hydrogen-bond acceptors (Lipinski definition) is 3. The van der Waals surface area contributed by atoms with E-state index in [1.54, 1.807) is 30.3 Å². The molecule has 0 aliphatic carbocycles. The average Bonchev–Trinajstić information content (AvgIpc) is 2.55. The molecule has 25 heavy (non-hydrogen) atoms. The summed E-state index contributed by atoms with van der Waals surface area (Å²) in [6, 6.07) is 10.7. The van der Waals surface area contributed by atoms with Gasteiger partial charge in [0.1, 0.15) is 11.4 Å². The molecule has 0 spiro atoms. The number of carbonyl (C=O) groups excluding carboxylic acids is 2. The fourth-order valence-electron chi connectivity index (χ4n) is 2.26. The van der Waals surface area contributed by atoms with Crippen molar-refractivity contribution < 1.29 is 14.0 Å². The lowest BCUT2D eigenvalue weighted by atomic mass is 10.1. The maximum atomic E-state index is 14.0. The lowest BCUT2D eigenvalue weighted by Crippen LogP contribution is -2.54. The van der Waals surface area contributed by atoms with Crippen LogP contribution in [0, 0.1) is 5.82 Å². The van der Waals surface area contributed by atoms with Gasteiger partial charge in [-0.3, -0.25) is 19.8 Å². The van der Waals surface area contributed by atoms with Crippen molar-refractivity contribution >= 4 is 68.4 Å². The Morgan fingerprint density at radius 2 is 1.84 bits per heavy atom. The number of anilines is 1. The van der Waals surface area contributed by atoms with Crippen LogP contribution in [0.25, 0.3) is 6.08 Å². The van der Waals surface area contributed by atoms with E-state index < -0.39 is 17.6 Å². The summed E-state index contributed by atoms with van der Waals surface area (Å²) in [5.41, 5.74) is 0.344. The van der Waals surface area contributed by atoms with Crippen molar-refractivity contribution in [1.82, 2.24) is 5.32 Å². The minimum Gasteiger partial charge on any atom is -0.298 e. The first-order chi connectivity index (χ1) is 11.9. The molecule has 1 aliphatic heterocycles. The van der Waals surface area contributed by atoms with E-state index in [2.05, 4.69) is 21.2 Å². The Balaban J connectivity index is 2.03. The van der Waals surface area contributed by atoms with E-state index >= 15 is 0 Å². The lowest BCUT2D eigenvalue weighted by molar-refractivity contribution is -0.122. The number of nitrogens with zero attached hydrogens (tertiary/aromatic N) is 1. The van der Waals surface area contributed by atoms with E-state index in [-0.39, 0.29) is 16.2 Å². The van der Waals surface area contributed by atoms with Crippen LogP contribution in [0.15, 0.2) is 52.5 Å². The number of thiocarbonyl (C=S) groups is 1. The Kier molecular flexibility index (Phi) is 4.99. The molecular formula is C17H9BrClFN2O2S. The molecule has 1 aliphatic rings. The third kappa shape index (κ3) is 3.63. The summed E-state index contributed by atoms with van der Waals surface area (Å²) < 4.78 is 14.6. The standard InChI is InChI=1S/C17H9BrClFN2O2S/c18-10-2-1-9(14(20)8-10)7-13-15(23)21-17(25)22(16(13)24)12-5-3-11(19)4-6-12/h1-8H,(H,21,23,25)/b13-7+. The molecule has 0 saturated carbocycles. The fraction of sp³-hybridized carbons (Fsp3) is 0. The number of halogens is 3. The van der Waals surface area contributed by atoms with Gasteiger partial charge in [0.25, 0.3) is 11.8 Å². The van der Waals surface area contributed by atoms with Crippen LogP contribution < -0.4 is 10.2 Å². The third-order valence-corrected chi connectivity index (χ3v) is 4.48. The highest BCUT2D eigenvalue weighted by atomic mass is 79.9. The molecule has 0 bridgehead atoms. The van der Waals surface area contributed by atoms with Crippen molar-refractivity contribution in [3.8, 4) is 0 Å². The summed E-state index contributed by atoms with van der Waals surface area (Å²) in [4.78, 5) is 26.1. The number of hydrogen-bond donors (Lipinski definition) is 1. The van der Waals surface area contributed by atoms with Gasteiger partial charge in [0, 0.05) is 15.1 Å². The molecule has 2 aromatic carbocycles. The highest BCUT2D eigenvalue weighted by molar-refractivity contribution is 9.10. The van der Waals surface area contributed by atoms with Gasteiger partial charge in [-0.15, -0.1) is 0 Å². The fourth-order valence-corrected chi connectivity index (χ4v) is 3.00. The topological polar surface area (TPSA) is 49.4 Å². The van der Waals surface area contributed by atoms with Crippen molar-refractivity contribution in [3.63, 3.8) is 0 Å². The van der Waals surface area contributed by atoms with Crippen molar-refractivity contribution in [2.24, 2.45) is 0 Å². The largest absolute Gasteiger partial charge is 0.298 e. The molecule has 1 fully saturated rings. The molecule has 0 radical (unpaired) electrons. The van der Waals surface area contributed by atoms with Crippen LogP contribution in [0.5, 0.6) is 0 Å². The van der Waals surface area contributed by atoms with E-state index in [1.807, 2.05) is 0 Å².